The van der Waals surface area contributed by atoms with Crippen molar-refractivity contribution in [2.75, 3.05) is 52.7 Å². The summed E-state index contributed by atoms with van der Waals surface area (Å²) in [7, 11) is 0. The Balaban J connectivity index is 3.85. The van der Waals surface area contributed by atoms with Crippen LogP contribution in [0.4, 0.5) is 0 Å². The molecule has 192 valence electrons. The monoisotopic (exact) mass is 456 g/mol. The number of rotatable bonds is 18. The van der Waals surface area contributed by atoms with Crippen LogP contribution in [-0.4, -0.2) is 63.8 Å². The molecule has 0 saturated carbocycles. The second-order valence-electron chi connectivity index (χ2n) is 12.6. The summed E-state index contributed by atoms with van der Waals surface area (Å²) < 4.78 is 17.3. The van der Waals surface area contributed by atoms with Crippen LogP contribution in [0.1, 0.15) is 88.5 Å². The van der Waals surface area contributed by atoms with E-state index in [1.54, 1.807) is 0 Å². The number of hydrogen-bond acceptors (Lipinski definition) is 5. The fourth-order valence-corrected chi connectivity index (χ4v) is 3.88. The summed E-state index contributed by atoms with van der Waals surface area (Å²) in [5, 5.41) is 6.87. The maximum absolute atomic E-state index is 5.93. The SMILES string of the molecule is CC(C)(CCCOCCNC(C)(C)C)CC(C)(C)COC/C=C\COCCNC(C)(C)C. The fraction of sp³-hybridized carbons (Fsp3) is 0.926. The largest absolute Gasteiger partial charge is 0.380 e. The second kappa shape index (κ2) is 15.4. The zero-order valence-corrected chi connectivity index (χ0v) is 23.2. The van der Waals surface area contributed by atoms with Gasteiger partial charge >= 0.3 is 0 Å². The molecule has 0 heterocycles. The van der Waals surface area contributed by atoms with Gasteiger partial charge in [0.1, 0.15) is 0 Å². The minimum absolute atomic E-state index is 0.145. The minimum Gasteiger partial charge on any atom is -0.380 e. The Kier molecular flexibility index (Phi) is 15.2. The molecule has 0 saturated heterocycles. The van der Waals surface area contributed by atoms with Crippen molar-refractivity contribution in [1.82, 2.24) is 10.6 Å². The Morgan fingerprint density at radius 2 is 1.09 bits per heavy atom. The molecule has 0 unspecified atom stereocenters. The first-order valence-electron chi connectivity index (χ1n) is 12.5. The molecule has 5 heteroatoms. The quantitative estimate of drug-likeness (QED) is 0.208. The smallest absolute Gasteiger partial charge is 0.0648 e. The van der Waals surface area contributed by atoms with Gasteiger partial charge in [-0.2, -0.15) is 0 Å². The molecule has 0 aliphatic rings. The fourth-order valence-electron chi connectivity index (χ4n) is 3.88. The number of ether oxygens (including phenoxy) is 3. The Bertz CT molecular complexity index is 488. The number of nitrogens with one attached hydrogen (secondary N) is 2. The predicted molar refractivity (Wildman–Crippen MR) is 139 cm³/mol. The molecule has 0 bridgehead atoms. The Morgan fingerprint density at radius 3 is 1.62 bits per heavy atom. The van der Waals surface area contributed by atoms with Crippen LogP contribution in [0.15, 0.2) is 12.2 Å². The molecule has 0 fully saturated rings. The summed E-state index contributed by atoms with van der Waals surface area (Å²) in [5.74, 6) is 0. The van der Waals surface area contributed by atoms with E-state index < -0.39 is 0 Å². The van der Waals surface area contributed by atoms with Gasteiger partial charge in [-0.25, -0.2) is 0 Å². The van der Waals surface area contributed by atoms with Gasteiger partial charge in [-0.1, -0.05) is 39.8 Å². The molecule has 0 aliphatic heterocycles. The van der Waals surface area contributed by atoms with Crippen molar-refractivity contribution in [3.63, 3.8) is 0 Å². The van der Waals surface area contributed by atoms with Gasteiger partial charge in [0.2, 0.25) is 0 Å². The van der Waals surface area contributed by atoms with Gasteiger partial charge in [0.25, 0.3) is 0 Å². The molecule has 0 aromatic carbocycles. The summed E-state index contributed by atoms with van der Waals surface area (Å²) >= 11 is 0. The Hall–Kier alpha value is -0.460. The van der Waals surface area contributed by atoms with Crippen molar-refractivity contribution in [1.29, 1.82) is 0 Å². The van der Waals surface area contributed by atoms with Crippen LogP contribution in [0, 0.1) is 10.8 Å². The summed E-state index contributed by atoms with van der Waals surface area (Å²) in [5.41, 5.74) is 0.743. The van der Waals surface area contributed by atoms with Gasteiger partial charge in [-0.15, -0.1) is 0 Å². The van der Waals surface area contributed by atoms with Gasteiger partial charge in [-0.05, 0) is 71.6 Å². The summed E-state index contributed by atoms with van der Waals surface area (Å²) in [4.78, 5) is 0. The predicted octanol–water partition coefficient (Wildman–Crippen LogP) is 5.59. The van der Waals surface area contributed by atoms with Crippen LogP contribution in [-0.2, 0) is 14.2 Å². The lowest BCUT2D eigenvalue weighted by molar-refractivity contribution is 0.0441. The molecule has 0 spiro atoms. The van der Waals surface area contributed by atoms with E-state index in [-0.39, 0.29) is 21.9 Å². The minimum atomic E-state index is 0.145. The van der Waals surface area contributed by atoms with E-state index in [0.717, 1.165) is 52.4 Å². The molecule has 0 aliphatic carbocycles. The van der Waals surface area contributed by atoms with Crippen LogP contribution >= 0.6 is 0 Å². The molecule has 32 heavy (non-hydrogen) atoms. The highest BCUT2D eigenvalue weighted by Gasteiger charge is 2.28. The Morgan fingerprint density at radius 1 is 0.594 bits per heavy atom. The average molecular weight is 457 g/mol. The summed E-state index contributed by atoms with van der Waals surface area (Å²) in [6.45, 7) is 28.5. The maximum Gasteiger partial charge on any atom is 0.0648 e. The van der Waals surface area contributed by atoms with Crippen molar-refractivity contribution in [3.8, 4) is 0 Å². The highest BCUT2D eigenvalue weighted by atomic mass is 16.5. The third-order valence-corrected chi connectivity index (χ3v) is 4.99. The maximum atomic E-state index is 5.93. The molecule has 0 aromatic rings. The van der Waals surface area contributed by atoms with Gasteiger partial charge < -0.3 is 24.8 Å². The van der Waals surface area contributed by atoms with Crippen LogP contribution in [0.2, 0.25) is 0 Å². The topological polar surface area (TPSA) is 51.8 Å². The summed E-state index contributed by atoms with van der Waals surface area (Å²) in [6, 6.07) is 0. The first-order chi connectivity index (χ1) is 14.6. The van der Waals surface area contributed by atoms with E-state index in [2.05, 4.69) is 85.9 Å². The highest BCUT2D eigenvalue weighted by molar-refractivity contribution is 4.83. The van der Waals surface area contributed by atoms with Crippen LogP contribution < -0.4 is 10.6 Å². The third kappa shape index (κ3) is 22.7. The standard InChI is InChI=1S/C27H56N2O3/c1-24(2,3)28-15-20-30-17-11-12-18-32-23-27(9,10)22-26(7,8)14-13-19-31-21-16-29-25(4,5)6/h11-12,28-29H,13-23H2,1-10H3/b12-11-. The molecule has 0 amide bonds. The van der Waals surface area contributed by atoms with E-state index in [4.69, 9.17) is 14.2 Å². The molecule has 2 N–H and O–H groups in total. The zero-order chi connectivity index (χ0) is 24.7. The molecular formula is C27H56N2O3. The van der Waals surface area contributed by atoms with Crippen molar-refractivity contribution in [2.24, 2.45) is 10.8 Å². The molecule has 0 rings (SSSR count). The van der Waals surface area contributed by atoms with Crippen molar-refractivity contribution in [2.45, 2.75) is 99.6 Å². The normalized spacial score (nSPS) is 13.9. The van der Waals surface area contributed by atoms with E-state index >= 15 is 0 Å². The van der Waals surface area contributed by atoms with E-state index in [1.807, 2.05) is 6.08 Å². The van der Waals surface area contributed by atoms with Crippen molar-refractivity contribution in [3.05, 3.63) is 12.2 Å². The lowest BCUT2D eigenvalue weighted by atomic mass is 9.73. The van der Waals surface area contributed by atoms with Crippen molar-refractivity contribution < 1.29 is 14.2 Å². The average Bonchev–Trinajstić information content (AvgIpc) is 2.59. The zero-order valence-electron chi connectivity index (χ0n) is 23.2. The first kappa shape index (κ1) is 31.5. The summed E-state index contributed by atoms with van der Waals surface area (Å²) in [6.07, 6.45) is 7.52. The lowest BCUT2D eigenvalue weighted by Gasteiger charge is -2.35. The second-order valence-corrected chi connectivity index (χ2v) is 12.6. The van der Waals surface area contributed by atoms with E-state index in [1.165, 1.54) is 6.42 Å². The van der Waals surface area contributed by atoms with Gasteiger partial charge in [0.15, 0.2) is 0 Å². The van der Waals surface area contributed by atoms with Gasteiger partial charge in [-0.3, -0.25) is 0 Å². The Labute approximate surface area is 200 Å². The van der Waals surface area contributed by atoms with Crippen LogP contribution in [0.25, 0.3) is 0 Å². The van der Waals surface area contributed by atoms with Gasteiger partial charge in [0, 0.05) is 30.8 Å². The van der Waals surface area contributed by atoms with Gasteiger partial charge in [0.05, 0.1) is 33.0 Å². The highest BCUT2D eigenvalue weighted by Crippen LogP contribution is 2.37. The molecule has 0 aromatic heterocycles. The molecule has 5 nitrogen and oxygen atoms in total. The third-order valence-electron chi connectivity index (χ3n) is 4.99. The first-order valence-corrected chi connectivity index (χ1v) is 12.5. The van der Waals surface area contributed by atoms with Crippen LogP contribution in [0.5, 0.6) is 0 Å². The lowest BCUT2D eigenvalue weighted by Crippen LogP contribution is -2.38. The molecular weight excluding hydrogens is 400 g/mol. The molecule has 0 atom stereocenters. The van der Waals surface area contributed by atoms with Crippen LogP contribution in [0.3, 0.4) is 0 Å². The number of hydrogen-bond donors (Lipinski definition) is 2. The van der Waals surface area contributed by atoms with E-state index in [9.17, 15) is 0 Å². The molecule has 0 radical (unpaired) electrons. The van der Waals surface area contributed by atoms with E-state index in [0.29, 0.717) is 13.2 Å². The van der Waals surface area contributed by atoms with Crippen molar-refractivity contribution >= 4 is 0 Å².